The smallest absolute Gasteiger partial charge is 0.137 e. The van der Waals surface area contributed by atoms with Crippen LogP contribution < -0.4 is 4.74 Å². The standard InChI is InChI=1S/C14H19NO2/c1-17-14-7-4-5-12(9-14)10-15-8-3-2-6-13(15)11-16/h4-5,7,9,11,13H,2-3,6,8,10H2,1H3. The van der Waals surface area contributed by atoms with Gasteiger partial charge in [0.05, 0.1) is 13.2 Å². The predicted octanol–water partition coefficient (Wildman–Crippen LogP) is 2.25. The summed E-state index contributed by atoms with van der Waals surface area (Å²) in [5.74, 6) is 0.877. The fourth-order valence-electron chi connectivity index (χ4n) is 2.37. The molecule has 1 unspecified atom stereocenters. The summed E-state index contributed by atoms with van der Waals surface area (Å²) < 4.78 is 5.21. The number of methoxy groups -OCH3 is 1. The van der Waals surface area contributed by atoms with Gasteiger partial charge < -0.3 is 9.53 Å². The van der Waals surface area contributed by atoms with Gasteiger partial charge in [-0.25, -0.2) is 0 Å². The van der Waals surface area contributed by atoms with E-state index in [4.69, 9.17) is 4.74 Å². The maximum Gasteiger partial charge on any atom is 0.137 e. The van der Waals surface area contributed by atoms with Gasteiger partial charge >= 0.3 is 0 Å². The first-order valence-corrected chi connectivity index (χ1v) is 6.16. The number of aldehydes is 1. The molecule has 17 heavy (non-hydrogen) atoms. The Labute approximate surface area is 102 Å². The van der Waals surface area contributed by atoms with Crippen LogP contribution in [0.25, 0.3) is 0 Å². The second-order valence-electron chi connectivity index (χ2n) is 4.52. The van der Waals surface area contributed by atoms with Gasteiger partial charge in [-0.1, -0.05) is 18.6 Å². The minimum Gasteiger partial charge on any atom is -0.497 e. The van der Waals surface area contributed by atoms with Gasteiger partial charge in [0.1, 0.15) is 12.0 Å². The lowest BCUT2D eigenvalue weighted by molar-refractivity contribution is -0.113. The minimum atomic E-state index is 0.0925. The van der Waals surface area contributed by atoms with Crippen molar-refractivity contribution in [2.45, 2.75) is 31.8 Å². The van der Waals surface area contributed by atoms with Crippen molar-refractivity contribution < 1.29 is 9.53 Å². The van der Waals surface area contributed by atoms with Crippen molar-refractivity contribution in [3.8, 4) is 5.75 Å². The third kappa shape index (κ3) is 3.07. The van der Waals surface area contributed by atoms with Crippen LogP contribution in [0.2, 0.25) is 0 Å². The number of carbonyl (C=O) groups excluding carboxylic acids is 1. The van der Waals surface area contributed by atoms with Crippen molar-refractivity contribution in [2.24, 2.45) is 0 Å². The molecule has 1 aromatic rings. The average Bonchev–Trinajstić information content (AvgIpc) is 2.39. The third-order valence-electron chi connectivity index (χ3n) is 3.34. The van der Waals surface area contributed by atoms with E-state index in [-0.39, 0.29) is 6.04 Å². The molecule has 0 N–H and O–H groups in total. The Morgan fingerprint density at radius 3 is 3.12 bits per heavy atom. The molecule has 0 saturated carbocycles. The summed E-state index contributed by atoms with van der Waals surface area (Å²) in [6, 6.07) is 8.15. The lowest BCUT2D eigenvalue weighted by Gasteiger charge is -2.32. The van der Waals surface area contributed by atoms with Gasteiger partial charge in [-0.2, -0.15) is 0 Å². The number of carbonyl (C=O) groups is 1. The molecule has 3 nitrogen and oxygen atoms in total. The van der Waals surface area contributed by atoms with Crippen LogP contribution in [0.1, 0.15) is 24.8 Å². The quantitative estimate of drug-likeness (QED) is 0.747. The Hall–Kier alpha value is -1.35. The van der Waals surface area contributed by atoms with Crippen LogP contribution in [-0.4, -0.2) is 30.9 Å². The molecule has 1 saturated heterocycles. The summed E-state index contributed by atoms with van der Waals surface area (Å²) in [6.45, 7) is 1.85. The molecule has 3 heteroatoms. The van der Waals surface area contributed by atoms with Crippen LogP contribution in [0.15, 0.2) is 24.3 Å². The molecule has 1 atom stereocenters. The van der Waals surface area contributed by atoms with Crippen LogP contribution in [-0.2, 0) is 11.3 Å². The summed E-state index contributed by atoms with van der Waals surface area (Å²) in [5, 5.41) is 0. The molecule has 0 aliphatic carbocycles. The van der Waals surface area contributed by atoms with E-state index < -0.39 is 0 Å². The summed E-state index contributed by atoms with van der Waals surface area (Å²) in [4.78, 5) is 13.3. The van der Waals surface area contributed by atoms with Crippen molar-refractivity contribution in [2.75, 3.05) is 13.7 Å². The van der Waals surface area contributed by atoms with Crippen LogP contribution in [0.3, 0.4) is 0 Å². The Morgan fingerprint density at radius 2 is 2.35 bits per heavy atom. The topological polar surface area (TPSA) is 29.5 Å². The Kier molecular flexibility index (Phi) is 4.15. The van der Waals surface area contributed by atoms with E-state index in [0.29, 0.717) is 0 Å². The Bertz CT molecular complexity index is 378. The normalized spacial score (nSPS) is 21.1. The highest BCUT2D eigenvalue weighted by atomic mass is 16.5. The fraction of sp³-hybridized carbons (Fsp3) is 0.500. The van der Waals surface area contributed by atoms with Gasteiger partial charge in [0.15, 0.2) is 0 Å². The molecule has 0 radical (unpaired) electrons. The monoisotopic (exact) mass is 233 g/mol. The van der Waals surface area contributed by atoms with Crippen LogP contribution in [0.5, 0.6) is 5.75 Å². The minimum absolute atomic E-state index is 0.0925. The van der Waals surface area contributed by atoms with E-state index in [1.54, 1.807) is 7.11 Å². The molecule has 92 valence electrons. The SMILES string of the molecule is COc1cccc(CN2CCCCC2C=O)c1. The number of nitrogens with zero attached hydrogens (tertiary/aromatic N) is 1. The first kappa shape index (κ1) is 12.1. The molecule has 0 aromatic heterocycles. The van der Waals surface area contributed by atoms with E-state index in [2.05, 4.69) is 11.0 Å². The summed E-state index contributed by atoms with van der Waals surface area (Å²) in [7, 11) is 1.67. The van der Waals surface area contributed by atoms with E-state index in [9.17, 15) is 4.79 Å². The highest BCUT2D eigenvalue weighted by Crippen LogP contribution is 2.20. The number of ether oxygens (including phenoxy) is 1. The average molecular weight is 233 g/mol. The van der Waals surface area contributed by atoms with Gasteiger partial charge in [-0.15, -0.1) is 0 Å². The van der Waals surface area contributed by atoms with E-state index in [1.165, 1.54) is 12.0 Å². The van der Waals surface area contributed by atoms with Crippen molar-refractivity contribution in [1.29, 1.82) is 0 Å². The molecule has 0 spiro atoms. The van der Waals surface area contributed by atoms with Crippen molar-refractivity contribution in [1.82, 2.24) is 4.90 Å². The molecule has 2 rings (SSSR count). The largest absolute Gasteiger partial charge is 0.497 e. The highest BCUT2D eigenvalue weighted by Gasteiger charge is 2.21. The fourth-order valence-corrected chi connectivity index (χ4v) is 2.37. The second kappa shape index (κ2) is 5.82. The number of likely N-dealkylation sites (tertiary alicyclic amines) is 1. The lowest BCUT2D eigenvalue weighted by atomic mass is 10.0. The molecular formula is C14H19NO2. The number of hydrogen-bond donors (Lipinski definition) is 0. The molecule has 1 aromatic carbocycles. The van der Waals surface area contributed by atoms with Crippen LogP contribution >= 0.6 is 0 Å². The third-order valence-corrected chi connectivity index (χ3v) is 3.34. The number of benzene rings is 1. The first-order valence-electron chi connectivity index (χ1n) is 6.16. The maximum atomic E-state index is 11.0. The predicted molar refractivity (Wildman–Crippen MR) is 67.1 cm³/mol. The summed E-state index contributed by atoms with van der Waals surface area (Å²) >= 11 is 0. The van der Waals surface area contributed by atoms with Crippen LogP contribution in [0.4, 0.5) is 0 Å². The van der Waals surface area contributed by atoms with E-state index >= 15 is 0 Å². The van der Waals surface area contributed by atoms with Gasteiger partial charge in [0, 0.05) is 6.54 Å². The van der Waals surface area contributed by atoms with Gasteiger partial charge in [0.25, 0.3) is 0 Å². The first-order chi connectivity index (χ1) is 8.33. The van der Waals surface area contributed by atoms with Gasteiger partial charge in [-0.05, 0) is 37.1 Å². The van der Waals surface area contributed by atoms with Crippen molar-refractivity contribution in [3.05, 3.63) is 29.8 Å². The van der Waals surface area contributed by atoms with E-state index in [0.717, 1.165) is 38.0 Å². The number of hydrogen-bond acceptors (Lipinski definition) is 3. The lowest BCUT2D eigenvalue weighted by Crippen LogP contribution is -2.39. The van der Waals surface area contributed by atoms with Crippen molar-refractivity contribution >= 4 is 6.29 Å². The van der Waals surface area contributed by atoms with Crippen LogP contribution in [0, 0.1) is 0 Å². The Morgan fingerprint density at radius 1 is 1.47 bits per heavy atom. The van der Waals surface area contributed by atoms with Crippen molar-refractivity contribution in [3.63, 3.8) is 0 Å². The maximum absolute atomic E-state index is 11.0. The Balaban J connectivity index is 2.05. The molecule has 1 aliphatic heterocycles. The van der Waals surface area contributed by atoms with Gasteiger partial charge in [-0.3, -0.25) is 4.90 Å². The summed E-state index contributed by atoms with van der Waals surface area (Å²) in [5.41, 5.74) is 1.21. The van der Waals surface area contributed by atoms with E-state index in [1.807, 2.05) is 18.2 Å². The molecule has 0 bridgehead atoms. The van der Waals surface area contributed by atoms with Gasteiger partial charge in [0.2, 0.25) is 0 Å². The molecule has 1 fully saturated rings. The zero-order chi connectivity index (χ0) is 12.1. The zero-order valence-electron chi connectivity index (χ0n) is 10.3. The molecule has 0 amide bonds. The summed E-state index contributed by atoms with van der Waals surface area (Å²) in [6.07, 6.45) is 4.43. The molecular weight excluding hydrogens is 214 g/mol. The number of piperidine rings is 1. The molecule has 1 heterocycles. The second-order valence-corrected chi connectivity index (χ2v) is 4.52. The number of rotatable bonds is 4. The molecule has 1 aliphatic rings. The highest BCUT2D eigenvalue weighted by molar-refractivity contribution is 5.57. The zero-order valence-corrected chi connectivity index (χ0v) is 10.3.